The number of nitrogens with zero attached hydrogens (tertiary/aromatic N) is 2. The number of ether oxygens (including phenoxy) is 1. The summed E-state index contributed by atoms with van der Waals surface area (Å²) in [5.41, 5.74) is 2.01. The summed E-state index contributed by atoms with van der Waals surface area (Å²) >= 11 is 4.55. The molecule has 0 atom stereocenters. The molecule has 0 fully saturated rings. The zero-order chi connectivity index (χ0) is 13.7. The Morgan fingerprint density at radius 2 is 2.37 bits per heavy atom. The zero-order valence-electron chi connectivity index (χ0n) is 10.2. The van der Waals surface area contributed by atoms with Crippen LogP contribution in [0.3, 0.4) is 0 Å². The first kappa shape index (κ1) is 14.0. The molecule has 0 spiro atoms. The average Bonchev–Trinajstić information content (AvgIpc) is 2.94. The summed E-state index contributed by atoms with van der Waals surface area (Å²) < 4.78 is 9.16. The van der Waals surface area contributed by atoms with Gasteiger partial charge in [-0.05, 0) is 36.7 Å². The highest BCUT2D eigenvalue weighted by Gasteiger charge is 2.10. The Bertz CT molecular complexity index is 560. The van der Waals surface area contributed by atoms with Crippen LogP contribution >= 0.6 is 27.5 Å². The molecule has 2 aromatic rings. The van der Waals surface area contributed by atoms with Crippen molar-refractivity contribution in [3.63, 3.8) is 0 Å². The summed E-state index contributed by atoms with van der Waals surface area (Å²) in [7, 11) is 0. The van der Waals surface area contributed by atoms with Crippen LogP contribution in [0, 0.1) is 0 Å². The number of halogens is 1. The second-order valence-electron chi connectivity index (χ2n) is 3.63. The zero-order valence-corrected chi connectivity index (χ0v) is 12.6. The molecule has 100 valence electrons. The molecule has 1 aromatic carbocycles. The van der Waals surface area contributed by atoms with Crippen molar-refractivity contribution < 1.29 is 9.53 Å². The predicted molar refractivity (Wildman–Crippen MR) is 78.1 cm³/mol. The molecule has 0 aliphatic rings. The minimum atomic E-state index is -0.265. The quantitative estimate of drug-likeness (QED) is 0.848. The summed E-state index contributed by atoms with van der Waals surface area (Å²) in [5, 5.41) is 8.77. The van der Waals surface area contributed by atoms with Gasteiger partial charge >= 0.3 is 0 Å². The van der Waals surface area contributed by atoms with Crippen LogP contribution in [0.15, 0.2) is 23.6 Å². The van der Waals surface area contributed by atoms with E-state index in [9.17, 15) is 4.79 Å². The maximum absolute atomic E-state index is 11.8. The number of hydrogen-bond donors (Lipinski definition) is 1. The molecule has 0 saturated heterocycles. The normalized spacial score (nSPS) is 10.2. The number of nitrogens with one attached hydrogen (secondary N) is 1. The smallest absolute Gasteiger partial charge is 0.277 e. The molecule has 0 saturated carbocycles. The largest absolute Gasteiger partial charge is 0.494 e. The maximum atomic E-state index is 11.8. The van der Waals surface area contributed by atoms with Crippen molar-refractivity contribution in [1.29, 1.82) is 0 Å². The summed E-state index contributed by atoms with van der Waals surface area (Å²) in [6.45, 7) is 2.54. The van der Waals surface area contributed by atoms with E-state index < -0.39 is 0 Å². The topological polar surface area (TPSA) is 64.1 Å². The Balaban J connectivity index is 2.15. The molecule has 0 bridgehead atoms. The first-order chi connectivity index (χ1) is 9.24. The lowest BCUT2D eigenvalue weighted by Gasteiger charge is -2.10. The van der Waals surface area contributed by atoms with Crippen LogP contribution in [0.1, 0.15) is 23.0 Å². The number of rotatable bonds is 5. The van der Waals surface area contributed by atoms with Crippen LogP contribution in [0.5, 0.6) is 5.75 Å². The van der Waals surface area contributed by atoms with E-state index in [1.165, 1.54) is 0 Å². The lowest BCUT2D eigenvalue weighted by atomic mass is 10.2. The molecule has 1 heterocycles. The molecule has 5 nitrogen and oxygen atoms in total. The first-order valence-corrected chi connectivity index (χ1v) is 7.60. The van der Waals surface area contributed by atoms with Crippen molar-refractivity contribution >= 4 is 39.1 Å². The van der Waals surface area contributed by atoms with Crippen LogP contribution in [-0.4, -0.2) is 22.1 Å². The van der Waals surface area contributed by atoms with Crippen molar-refractivity contribution in [3.8, 4) is 5.75 Å². The molecule has 1 N–H and O–H groups in total. The van der Waals surface area contributed by atoms with Crippen molar-refractivity contribution in [3.05, 3.63) is 34.8 Å². The van der Waals surface area contributed by atoms with E-state index in [4.69, 9.17) is 4.74 Å². The summed E-state index contributed by atoms with van der Waals surface area (Å²) in [6, 6.07) is 5.52. The van der Waals surface area contributed by atoms with Gasteiger partial charge in [-0.2, -0.15) is 0 Å². The summed E-state index contributed by atoms with van der Waals surface area (Å²) in [4.78, 5) is 11.8. The lowest BCUT2D eigenvalue weighted by Crippen LogP contribution is -2.12. The minimum Gasteiger partial charge on any atom is -0.494 e. The molecule has 0 radical (unpaired) electrons. The highest BCUT2D eigenvalue weighted by molar-refractivity contribution is 9.08. The molecule has 19 heavy (non-hydrogen) atoms. The number of hydrogen-bond acceptors (Lipinski definition) is 5. The Kier molecular flexibility index (Phi) is 4.86. The fourth-order valence-electron chi connectivity index (χ4n) is 1.52. The van der Waals surface area contributed by atoms with E-state index in [-0.39, 0.29) is 5.91 Å². The number of anilines is 1. The Morgan fingerprint density at radius 1 is 1.53 bits per heavy atom. The van der Waals surface area contributed by atoms with Gasteiger partial charge in [-0.1, -0.05) is 20.4 Å². The van der Waals surface area contributed by atoms with E-state index in [1.54, 1.807) is 11.4 Å². The van der Waals surface area contributed by atoms with Gasteiger partial charge in [0.2, 0.25) is 0 Å². The van der Waals surface area contributed by atoms with Crippen LogP contribution in [0.2, 0.25) is 0 Å². The van der Waals surface area contributed by atoms with Gasteiger partial charge < -0.3 is 10.1 Å². The molecular formula is C12H12BrN3O2S. The highest BCUT2D eigenvalue weighted by atomic mass is 79.9. The SMILES string of the molecule is CCOc1ccc(NC(=O)c2csnn2)cc1CBr. The van der Waals surface area contributed by atoms with Crippen LogP contribution in [0.4, 0.5) is 5.69 Å². The number of carbonyl (C=O) groups excluding carboxylic acids is 1. The second-order valence-corrected chi connectivity index (χ2v) is 4.80. The van der Waals surface area contributed by atoms with Crippen molar-refractivity contribution in [2.75, 3.05) is 11.9 Å². The van der Waals surface area contributed by atoms with Gasteiger partial charge in [-0.15, -0.1) is 5.10 Å². The fourth-order valence-corrected chi connectivity index (χ4v) is 2.39. The molecule has 1 amide bonds. The van der Waals surface area contributed by atoms with Gasteiger partial charge in [0, 0.05) is 22.0 Å². The number of alkyl halides is 1. The molecule has 0 aliphatic carbocycles. The van der Waals surface area contributed by atoms with Gasteiger partial charge in [-0.3, -0.25) is 4.79 Å². The van der Waals surface area contributed by atoms with E-state index in [2.05, 4.69) is 30.8 Å². The van der Waals surface area contributed by atoms with Crippen molar-refractivity contribution in [2.24, 2.45) is 0 Å². The third kappa shape index (κ3) is 3.51. The van der Waals surface area contributed by atoms with Crippen molar-refractivity contribution in [2.45, 2.75) is 12.3 Å². The summed E-state index contributed by atoms with van der Waals surface area (Å²) in [5.74, 6) is 0.547. The number of benzene rings is 1. The van der Waals surface area contributed by atoms with E-state index in [1.807, 2.05) is 19.1 Å². The molecule has 2 rings (SSSR count). The van der Waals surface area contributed by atoms with Gasteiger partial charge in [-0.25, -0.2) is 0 Å². The van der Waals surface area contributed by atoms with Gasteiger partial charge in [0.15, 0.2) is 5.69 Å². The van der Waals surface area contributed by atoms with E-state index in [0.717, 1.165) is 22.8 Å². The molecule has 7 heteroatoms. The molecule has 1 aromatic heterocycles. The van der Waals surface area contributed by atoms with E-state index >= 15 is 0 Å². The molecule has 0 aliphatic heterocycles. The van der Waals surface area contributed by atoms with Gasteiger partial charge in [0.05, 0.1) is 6.61 Å². The Labute approximate surface area is 123 Å². The van der Waals surface area contributed by atoms with Crippen LogP contribution < -0.4 is 10.1 Å². The lowest BCUT2D eigenvalue weighted by molar-refractivity contribution is 0.102. The Hall–Kier alpha value is -1.47. The van der Waals surface area contributed by atoms with Crippen LogP contribution in [0.25, 0.3) is 0 Å². The Morgan fingerprint density at radius 3 is 3.00 bits per heavy atom. The van der Waals surface area contributed by atoms with Crippen molar-refractivity contribution in [1.82, 2.24) is 9.59 Å². The fraction of sp³-hybridized carbons (Fsp3) is 0.250. The second kappa shape index (κ2) is 6.63. The summed E-state index contributed by atoms with van der Waals surface area (Å²) in [6.07, 6.45) is 0. The maximum Gasteiger partial charge on any atom is 0.277 e. The molecule has 0 unspecified atom stereocenters. The predicted octanol–water partition coefficient (Wildman–Crippen LogP) is 3.08. The third-order valence-corrected chi connectivity index (χ3v) is 3.46. The number of amides is 1. The number of aromatic nitrogens is 2. The molecular weight excluding hydrogens is 330 g/mol. The van der Waals surface area contributed by atoms with Gasteiger partial charge in [0.25, 0.3) is 5.91 Å². The number of carbonyl (C=O) groups is 1. The monoisotopic (exact) mass is 341 g/mol. The average molecular weight is 342 g/mol. The van der Waals surface area contributed by atoms with Gasteiger partial charge in [0.1, 0.15) is 5.75 Å². The minimum absolute atomic E-state index is 0.265. The third-order valence-electron chi connectivity index (χ3n) is 2.35. The van der Waals surface area contributed by atoms with Crippen LogP contribution in [-0.2, 0) is 5.33 Å². The highest BCUT2D eigenvalue weighted by Crippen LogP contribution is 2.25. The standard InChI is InChI=1S/C12H12BrN3O2S/c1-2-18-11-4-3-9(5-8(11)6-13)14-12(17)10-7-19-16-15-10/h3-5,7H,2,6H2,1H3,(H,14,17). The van der Waals surface area contributed by atoms with E-state index in [0.29, 0.717) is 23.3 Å². The first-order valence-electron chi connectivity index (χ1n) is 5.64.